The van der Waals surface area contributed by atoms with E-state index in [2.05, 4.69) is 12.2 Å². The molecule has 3 aromatic carbocycles. The number of amides is 1. The van der Waals surface area contributed by atoms with Gasteiger partial charge >= 0.3 is 0 Å². The molecule has 1 amide bonds. The zero-order chi connectivity index (χ0) is 27.4. The number of aromatic nitrogens is 4. The normalized spacial score (nSPS) is 11.9. The molecule has 2 aromatic heterocycles. The number of anilines is 1. The second kappa shape index (κ2) is 11.7. The number of carbonyl (C=O) groups is 1. The van der Waals surface area contributed by atoms with E-state index in [1.807, 2.05) is 97.4 Å². The highest BCUT2D eigenvalue weighted by Gasteiger charge is 2.25. The molecule has 7 nitrogen and oxygen atoms in total. The van der Waals surface area contributed by atoms with Gasteiger partial charge in [0, 0.05) is 5.56 Å². The van der Waals surface area contributed by atoms with Crippen molar-refractivity contribution in [2.75, 3.05) is 12.4 Å². The monoisotopic (exact) mass is 537 g/mol. The predicted molar refractivity (Wildman–Crippen MR) is 158 cm³/mol. The van der Waals surface area contributed by atoms with Crippen LogP contribution in [0.15, 0.2) is 83.9 Å². The number of benzene rings is 3. The van der Waals surface area contributed by atoms with Gasteiger partial charge in [-0.2, -0.15) is 5.10 Å². The second-order valence-corrected chi connectivity index (χ2v) is 10.4. The second-order valence-electron chi connectivity index (χ2n) is 9.17. The summed E-state index contributed by atoms with van der Waals surface area (Å²) in [5.74, 6) is 1.12. The molecule has 0 aliphatic heterocycles. The first-order chi connectivity index (χ1) is 19.0. The molecular formula is C31H31N5O2S. The number of fused-ring (bicyclic) bond motifs is 1. The molecule has 0 saturated heterocycles. The van der Waals surface area contributed by atoms with E-state index in [1.165, 1.54) is 11.8 Å². The zero-order valence-electron chi connectivity index (χ0n) is 22.5. The standard InChI is InChI=1S/C31H31N5O2S/c1-5-23-27-29(36(35-23)22-15-11-8-12-16-22)33-28(21-13-9-7-10-14-21)34-31(27)39-26(6-2)30(37)32-24-19-20(3)17-18-25(24)38-4/h7-19,26H,5-6H2,1-4H3,(H,32,37)/t26-/m1/s1. The van der Waals surface area contributed by atoms with Crippen LogP contribution in [0.2, 0.25) is 0 Å². The molecule has 5 aromatic rings. The molecule has 0 bridgehead atoms. The lowest BCUT2D eigenvalue weighted by Crippen LogP contribution is -2.25. The van der Waals surface area contributed by atoms with Crippen molar-refractivity contribution in [1.29, 1.82) is 0 Å². The van der Waals surface area contributed by atoms with Crippen LogP contribution in [-0.2, 0) is 11.2 Å². The SMILES string of the molecule is CCc1nn(-c2ccccc2)c2nc(-c3ccccc3)nc(S[C@H](CC)C(=O)Nc3cc(C)ccc3OC)c12. The number of nitrogens with one attached hydrogen (secondary N) is 1. The van der Waals surface area contributed by atoms with Crippen LogP contribution in [0, 0.1) is 6.92 Å². The number of hydrogen-bond donors (Lipinski definition) is 1. The van der Waals surface area contributed by atoms with Crippen molar-refractivity contribution >= 4 is 34.4 Å². The molecule has 0 spiro atoms. The summed E-state index contributed by atoms with van der Waals surface area (Å²) >= 11 is 1.45. The van der Waals surface area contributed by atoms with Gasteiger partial charge in [-0.3, -0.25) is 4.79 Å². The Balaban J connectivity index is 1.61. The Hall–Kier alpha value is -4.17. The molecule has 0 unspecified atom stereocenters. The van der Waals surface area contributed by atoms with E-state index in [-0.39, 0.29) is 11.2 Å². The fourth-order valence-electron chi connectivity index (χ4n) is 4.44. The molecule has 0 aliphatic rings. The summed E-state index contributed by atoms with van der Waals surface area (Å²) in [5.41, 5.74) is 5.15. The van der Waals surface area contributed by atoms with Crippen molar-refractivity contribution < 1.29 is 9.53 Å². The average Bonchev–Trinajstić information content (AvgIpc) is 3.36. The first-order valence-electron chi connectivity index (χ1n) is 13.0. The van der Waals surface area contributed by atoms with Crippen LogP contribution in [0.3, 0.4) is 0 Å². The number of thioether (sulfide) groups is 1. The maximum absolute atomic E-state index is 13.5. The van der Waals surface area contributed by atoms with Crippen molar-refractivity contribution in [3.8, 4) is 22.8 Å². The van der Waals surface area contributed by atoms with Gasteiger partial charge in [0.2, 0.25) is 5.91 Å². The molecule has 198 valence electrons. The van der Waals surface area contributed by atoms with Crippen molar-refractivity contribution in [2.45, 2.75) is 43.9 Å². The van der Waals surface area contributed by atoms with E-state index in [0.717, 1.165) is 38.6 Å². The Bertz CT molecular complexity index is 1600. The number of carbonyl (C=O) groups excluding carboxylic acids is 1. The van der Waals surface area contributed by atoms with Gasteiger partial charge < -0.3 is 10.1 Å². The van der Waals surface area contributed by atoms with E-state index in [0.29, 0.717) is 30.1 Å². The van der Waals surface area contributed by atoms with E-state index < -0.39 is 0 Å². The minimum Gasteiger partial charge on any atom is -0.495 e. The van der Waals surface area contributed by atoms with Gasteiger partial charge in [0.05, 0.1) is 34.8 Å². The van der Waals surface area contributed by atoms with E-state index in [4.69, 9.17) is 19.8 Å². The Morgan fingerprint density at radius 2 is 1.72 bits per heavy atom. The van der Waals surface area contributed by atoms with Gasteiger partial charge in [0.25, 0.3) is 0 Å². The highest BCUT2D eigenvalue weighted by Crippen LogP contribution is 2.36. The van der Waals surface area contributed by atoms with E-state index >= 15 is 0 Å². The first-order valence-corrected chi connectivity index (χ1v) is 13.9. The molecule has 0 radical (unpaired) electrons. The van der Waals surface area contributed by atoms with Gasteiger partial charge in [-0.15, -0.1) is 0 Å². The van der Waals surface area contributed by atoms with Gasteiger partial charge in [-0.25, -0.2) is 14.6 Å². The smallest absolute Gasteiger partial charge is 0.238 e. The van der Waals surface area contributed by atoms with Gasteiger partial charge in [-0.05, 0) is 49.6 Å². The lowest BCUT2D eigenvalue weighted by atomic mass is 10.2. The lowest BCUT2D eigenvalue weighted by Gasteiger charge is -2.17. The Labute approximate surface area is 232 Å². The zero-order valence-corrected chi connectivity index (χ0v) is 23.3. The number of nitrogens with zero attached hydrogens (tertiary/aromatic N) is 4. The molecular weight excluding hydrogens is 506 g/mol. The van der Waals surface area contributed by atoms with Gasteiger partial charge in [-0.1, -0.05) is 80.2 Å². The van der Waals surface area contributed by atoms with Crippen molar-refractivity contribution in [1.82, 2.24) is 19.7 Å². The summed E-state index contributed by atoms with van der Waals surface area (Å²) in [6.07, 6.45) is 1.33. The lowest BCUT2D eigenvalue weighted by molar-refractivity contribution is -0.115. The van der Waals surface area contributed by atoms with Crippen LogP contribution in [0.25, 0.3) is 28.1 Å². The number of ether oxygens (including phenoxy) is 1. The first kappa shape index (κ1) is 26.4. The molecule has 2 heterocycles. The Kier molecular flexibility index (Phi) is 7.93. The predicted octanol–water partition coefficient (Wildman–Crippen LogP) is 6.87. The van der Waals surface area contributed by atoms with Crippen LogP contribution in [0.1, 0.15) is 31.5 Å². The maximum Gasteiger partial charge on any atom is 0.238 e. The van der Waals surface area contributed by atoms with Crippen molar-refractivity contribution in [3.63, 3.8) is 0 Å². The van der Waals surface area contributed by atoms with E-state index in [9.17, 15) is 4.79 Å². The molecule has 1 N–H and O–H groups in total. The van der Waals surface area contributed by atoms with Crippen LogP contribution in [0.5, 0.6) is 5.75 Å². The quantitative estimate of drug-likeness (QED) is 0.163. The van der Waals surface area contributed by atoms with Gasteiger partial charge in [0.15, 0.2) is 11.5 Å². The van der Waals surface area contributed by atoms with Gasteiger partial charge in [0.1, 0.15) is 10.8 Å². The molecule has 0 aliphatic carbocycles. The molecule has 0 fully saturated rings. The Morgan fingerprint density at radius 3 is 2.38 bits per heavy atom. The summed E-state index contributed by atoms with van der Waals surface area (Å²) < 4.78 is 7.36. The molecule has 5 rings (SSSR count). The van der Waals surface area contributed by atoms with Crippen LogP contribution in [0.4, 0.5) is 5.69 Å². The summed E-state index contributed by atoms with van der Waals surface area (Å²) in [4.78, 5) is 23.5. The van der Waals surface area contributed by atoms with Crippen molar-refractivity contribution in [2.24, 2.45) is 0 Å². The number of para-hydroxylation sites is 1. The third kappa shape index (κ3) is 5.52. The van der Waals surface area contributed by atoms with E-state index in [1.54, 1.807) is 7.11 Å². The molecule has 39 heavy (non-hydrogen) atoms. The highest BCUT2D eigenvalue weighted by atomic mass is 32.2. The summed E-state index contributed by atoms with van der Waals surface area (Å²) in [5, 5.41) is 9.25. The topological polar surface area (TPSA) is 81.9 Å². The fraction of sp³-hybridized carbons (Fsp3) is 0.226. The number of methoxy groups -OCH3 is 1. The third-order valence-electron chi connectivity index (χ3n) is 6.46. The third-order valence-corrected chi connectivity index (χ3v) is 7.81. The van der Waals surface area contributed by atoms with Crippen molar-refractivity contribution in [3.05, 3.63) is 90.1 Å². The fourth-order valence-corrected chi connectivity index (χ4v) is 5.51. The number of hydrogen-bond acceptors (Lipinski definition) is 6. The highest BCUT2D eigenvalue weighted by molar-refractivity contribution is 8.00. The minimum absolute atomic E-state index is 0.104. The van der Waals surface area contributed by atoms with Crippen LogP contribution < -0.4 is 10.1 Å². The summed E-state index contributed by atoms with van der Waals surface area (Å²) in [7, 11) is 1.60. The summed E-state index contributed by atoms with van der Waals surface area (Å²) in [6.45, 7) is 6.07. The van der Waals surface area contributed by atoms with Crippen LogP contribution in [-0.4, -0.2) is 38.0 Å². The molecule has 8 heteroatoms. The number of rotatable bonds is 9. The minimum atomic E-state index is -0.387. The van der Waals surface area contributed by atoms with Crippen LogP contribution >= 0.6 is 11.8 Å². The Morgan fingerprint density at radius 1 is 1.00 bits per heavy atom. The largest absolute Gasteiger partial charge is 0.495 e. The molecule has 1 atom stereocenters. The average molecular weight is 538 g/mol. The summed E-state index contributed by atoms with van der Waals surface area (Å²) in [6, 6.07) is 25.6. The maximum atomic E-state index is 13.5. The molecule has 0 saturated carbocycles. The number of aryl methyl sites for hydroxylation is 2.